The van der Waals surface area contributed by atoms with E-state index < -0.39 is 5.54 Å². The standard InChI is InChI=1S/C20H24N2O/c1-20(17-11-6-3-7-12-17,15-16-9-4-2-5-10-16)22-19(23)18-13-8-14-21-18/h2-7,9-12,18,21H,8,13-15H2,1H3,(H,22,23). The Labute approximate surface area is 138 Å². The van der Waals surface area contributed by atoms with Gasteiger partial charge in [0.2, 0.25) is 5.91 Å². The van der Waals surface area contributed by atoms with E-state index in [-0.39, 0.29) is 11.9 Å². The van der Waals surface area contributed by atoms with Crippen molar-refractivity contribution in [2.75, 3.05) is 6.54 Å². The Morgan fingerprint density at radius 3 is 2.39 bits per heavy atom. The molecule has 1 heterocycles. The summed E-state index contributed by atoms with van der Waals surface area (Å²) >= 11 is 0. The molecule has 0 aliphatic carbocycles. The summed E-state index contributed by atoms with van der Waals surface area (Å²) in [6.45, 7) is 3.04. The van der Waals surface area contributed by atoms with Gasteiger partial charge in [0.05, 0.1) is 11.6 Å². The Morgan fingerprint density at radius 2 is 1.78 bits per heavy atom. The second-order valence-corrected chi connectivity index (χ2v) is 6.50. The lowest BCUT2D eigenvalue weighted by Crippen LogP contribution is -2.51. The first-order chi connectivity index (χ1) is 11.2. The number of hydrogen-bond donors (Lipinski definition) is 2. The summed E-state index contributed by atoms with van der Waals surface area (Å²) in [6, 6.07) is 20.5. The number of nitrogens with one attached hydrogen (secondary N) is 2. The van der Waals surface area contributed by atoms with Gasteiger partial charge >= 0.3 is 0 Å². The number of benzene rings is 2. The molecule has 2 atom stereocenters. The zero-order valence-electron chi connectivity index (χ0n) is 13.6. The number of carbonyl (C=O) groups excluding carboxylic acids is 1. The molecule has 3 heteroatoms. The molecule has 3 rings (SSSR count). The second kappa shape index (κ2) is 6.97. The van der Waals surface area contributed by atoms with E-state index in [1.165, 1.54) is 5.56 Å². The van der Waals surface area contributed by atoms with Crippen molar-refractivity contribution >= 4 is 5.91 Å². The lowest BCUT2D eigenvalue weighted by molar-refractivity contribution is -0.124. The summed E-state index contributed by atoms with van der Waals surface area (Å²) < 4.78 is 0. The second-order valence-electron chi connectivity index (χ2n) is 6.50. The molecular weight excluding hydrogens is 284 g/mol. The Bertz CT molecular complexity index is 635. The van der Waals surface area contributed by atoms with E-state index in [4.69, 9.17) is 0 Å². The maximum absolute atomic E-state index is 12.7. The summed E-state index contributed by atoms with van der Waals surface area (Å²) in [5.74, 6) is 0.102. The lowest BCUT2D eigenvalue weighted by Gasteiger charge is -2.33. The van der Waals surface area contributed by atoms with Crippen molar-refractivity contribution in [2.24, 2.45) is 0 Å². The molecule has 2 aromatic carbocycles. The smallest absolute Gasteiger partial charge is 0.237 e. The number of amides is 1. The first-order valence-corrected chi connectivity index (χ1v) is 8.32. The first-order valence-electron chi connectivity index (χ1n) is 8.32. The zero-order chi connectivity index (χ0) is 16.1. The molecule has 1 saturated heterocycles. The van der Waals surface area contributed by atoms with Crippen molar-refractivity contribution in [1.29, 1.82) is 0 Å². The van der Waals surface area contributed by atoms with Crippen LogP contribution < -0.4 is 10.6 Å². The predicted octanol–water partition coefficient (Wildman–Crippen LogP) is 3.01. The van der Waals surface area contributed by atoms with Gasteiger partial charge < -0.3 is 10.6 Å². The fourth-order valence-electron chi connectivity index (χ4n) is 3.30. The van der Waals surface area contributed by atoms with E-state index >= 15 is 0 Å². The number of rotatable bonds is 5. The molecule has 2 unspecified atom stereocenters. The molecular formula is C20H24N2O. The number of hydrogen-bond acceptors (Lipinski definition) is 2. The van der Waals surface area contributed by atoms with Crippen molar-refractivity contribution in [3.8, 4) is 0 Å². The van der Waals surface area contributed by atoms with E-state index in [9.17, 15) is 4.79 Å². The zero-order valence-corrected chi connectivity index (χ0v) is 13.6. The molecule has 2 N–H and O–H groups in total. The Hall–Kier alpha value is -2.13. The molecule has 3 nitrogen and oxygen atoms in total. The monoisotopic (exact) mass is 308 g/mol. The summed E-state index contributed by atoms with van der Waals surface area (Å²) in [4.78, 5) is 12.7. The normalized spacial score (nSPS) is 20.0. The van der Waals surface area contributed by atoms with Crippen LogP contribution >= 0.6 is 0 Å². The molecule has 0 saturated carbocycles. The van der Waals surface area contributed by atoms with E-state index in [0.717, 1.165) is 31.4 Å². The SMILES string of the molecule is CC(Cc1ccccc1)(NC(=O)C1CCCN1)c1ccccc1. The van der Waals surface area contributed by atoms with Crippen LogP contribution in [0.3, 0.4) is 0 Å². The molecule has 0 aromatic heterocycles. The highest BCUT2D eigenvalue weighted by Crippen LogP contribution is 2.26. The van der Waals surface area contributed by atoms with Crippen LogP contribution in [0.1, 0.15) is 30.9 Å². The summed E-state index contributed by atoms with van der Waals surface area (Å²) in [5.41, 5.74) is 1.94. The maximum atomic E-state index is 12.7. The molecule has 2 aromatic rings. The van der Waals surface area contributed by atoms with E-state index in [1.807, 2.05) is 36.4 Å². The van der Waals surface area contributed by atoms with Crippen LogP contribution in [0.25, 0.3) is 0 Å². The molecule has 1 fully saturated rings. The van der Waals surface area contributed by atoms with Crippen LogP contribution in [0.2, 0.25) is 0 Å². The molecule has 0 bridgehead atoms. The Balaban J connectivity index is 1.85. The fourth-order valence-corrected chi connectivity index (χ4v) is 3.30. The van der Waals surface area contributed by atoms with Crippen LogP contribution in [0.4, 0.5) is 0 Å². The third-order valence-corrected chi connectivity index (χ3v) is 4.59. The Kier molecular flexibility index (Phi) is 4.77. The molecule has 0 radical (unpaired) electrons. The van der Waals surface area contributed by atoms with Gasteiger partial charge in [0.15, 0.2) is 0 Å². The summed E-state index contributed by atoms with van der Waals surface area (Å²) in [5, 5.41) is 6.58. The van der Waals surface area contributed by atoms with Gasteiger partial charge in [-0.3, -0.25) is 4.79 Å². The van der Waals surface area contributed by atoms with Gasteiger partial charge in [-0.25, -0.2) is 0 Å². The highest BCUT2D eigenvalue weighted by atomic mass is 16.2. The molecule has 23 heavy (non-hydrogen) atoms. The highest BCUT2D eigenvalue weighted by Gasteiger charge is 2.32. The quantitative estimate of drug-likeness (QED) is 0.891. The maximum Gasteiger partial charge on any atom is 0.237 e. The van der Waals surface area contributed by atoms with Crippen molar-refractivity contribution in [2.45, 2.75) is 37.8 Å². The van der Waals surface area contributed by atoms with Crippen LogP contribution in [-0.2, 0) is 16.8 Å². The van der Waals surface area contributed by atoms with Crippen LogP contribution in [0, 0.1) is 0 Å². The molecule has 1 aliphatic heterocycles. The highest BCUT2D eigenvalue weighted by molar-refractivity contribution is 5.83. The van der Waals surface area contributed by atoms with Gasteiger partial charge in [-0.05, 0) is 43.9 Å². The van der Waals surface area contributed by atoms with Gasteiger partial charge in [0, 0.05) is 0 Å². The third kappa shape index (κ3) is 3.80. The van der Waals surface area contributed by atoms with Crippen LogP contribution in [-0.4, -0.2) is 18.5 Å². The van der Waals surface area contributed by atoms with E-state index in [1.54, 1.807) is 0 Å². The molecule has 1 amide bonds. The van der Waals surface area contributed by atoms with Crippen LogP contribution in [0.5, 0.6) is 0 Å². The average molecular weight is 308 g/mol. The van der Waals surface area contributed by atoms with Gasteiger partial charge in [0.25, 0.3) is 0 Å². The topological polar surface area (TPSA) is 41.1 Å². The summed E-state index contributed by atoms with van der Waals surface area (Å²) in [7, 11) is 0. The molecule has 1 aliphatic rings. The van der Waals surface area contributed by atoms with Crippen molar-refractivity contribution in [3.05, 3.63) is 71.8 Å². The van der Waals surface area contributed by atoms with Gasteiger partial charge in [-0.1, -0.05) is 60.7 Å². The predicted molar refractivity (Wildman–Crippen MR) is 93.1 cm³/mol. The lowest BCUT2D eigenvalue weighted by atomic mass is 9.85. The molecule has 120 valence electrons. The van der Waals surface area contributed by atoms with Gasteiger partial charge in [0.1, 0.15) is 0 Å². The van der Waals surface area contributed by atoms with Gasteiger partial charge in [-0.2, -0.15) is 0 Å². The van der Waals surface area contributed by atoms with Crippen LogP contribution in [0.15, 0.2) is 60.7 Å². The van der Waals surface area contributed by atoms with E-state index in [2.05, 4.69) is 41.8 Å². The van der Waals surface area contributed by atoms with Crippen molar-refractivity contribution in [1.82, 2.24) is 10.6 Å². The Morgan fingerprint density at radius 1 is 1.13 bits per heavy atom. The largest absolute Gasteiger partial charge is 0.345 e. The fraction of sp³-hybridized carbons (Fsp3) is 0.350. The van der Waals surface area contributed by atoms with E-state index in [0.29, 0.717) is 0 Å². The minimum absolute atomic E-state index is 0.0613. The minimum Gasteiger partial charge on any atom is -0.345 e. The number of carbonyl (C=O) groups is 1. The first kappa shape index (κ1) is 15.8. The molecule has 0 spiro atoms. The van der Waals surface area contributed by atoms with Crippen molar-refractivity contribution < 1.29 is 4.79 Å². The minimum atomic E-state index is -0.413. The third-order valence-electron chi connectivity index (χ3n) is 4.59. The van der Waals surface area contributed by atoms with Gasteiger partial charge in [-0.15, -0.1) is 0 Å². The average Bonchev–Trinajstić information content (AvgIpc) is 3.11. The summed E-state index contributed by atoms with van der Waals surface area (Å²) in [6.07, 6.45) is 2.76. The van der Waals surface area contributed by atoms with Crippen molar-refractivity contribution in [3.63, 3.8) is 0 Å².